The van der Waals surface area contributed by atoms with Crippen LogP contribution >= 0.6 is 11.9 Å². The predicted molar refractivity (Wildman–Crippen MR) is 57.0 cm³/mol. The molecule has 0 aliphatic heterocycles. The van der Waals surface area contributed by atoms with Gasteiger partial charge < -0.3 is 0 Å². The number of hydrogen-bond acceptors (Lipinski definition) is 4. The molecule has 0 aliphatic carbocycles. The zero-order chi connectivity index (χ0) is 10.2. The van der Waals surface area contributed by atoms with Crippen LogP contribution in [0.4, 0.5) is 4.79 Å². The van der Waals surface area contributed by atoms with Crippen LogP contribution in [0.25, 0.3) is 0 Å². The van der Waals surface area contributed by atoms with Crippen molar-refractivity contribution < 1.29 is 4.79 Å². The average Bonchev–Trinajstić information content (AvgIpc) is 2.20. The third-order valence-corrected chi connectivity index (χ3v) is 1.67. The first-order valence-corrected chi connectivity index (χ1v) is 5.07. The highest BCUT2D eigenvalue weighted by atomic mass is 32.2. The number of pyridine rings is 1. The Labute approximate surface area is 86.1 Å². The summed E-state index contributed by atoms with van der Waals surface area (Å²) in [6.07, 6.45) is 6.61. The topological polar surface area (TPSA) is 66.4 Å². The molecule has 0 saturated carbocycles. The van der Waals surface area contributed by atoms with E-state index in [4.69, 9.17) is 0 Å². The molecule has 1 heterocycles. The fraction of sp³-hybridized carbons (Fsp3) is 0.125. The molecule has 1 aromatic rings. The van der Waals surface area contributed by atoms with Gasteiger partial charge in [-0.15, -0.1) is 0 Å². The molecule has 0 aromatic carbocycles. The number of carbonyl (C=O) groups is 1. The highest BCUT2D eigenvalue weighted by molar-refractivity contribution is 7.97. The van der Waals surface area contributed by atoms with Crippen molar-refractivity contribution in [1.82, 2.24) is 15.1 Å². The predicted octanol–water partition coefficient (Wildman–Crippen LogP) is 0.993. The minimum Gasteiger partial charge on any atom is -0.281 e. The number of rotatable bonds is 3. The van der Waals surface area contributed by atoms with Gasteiger partial charge in [0.2, 0.25) is 0 Å². The van der Waals surface area contributed by atoms with E-state index in [0.717, 1.165) is 5.56 Å². The van der Waals surface area contributed by atoms with Crippen molar-refractivity contribution in [3.63, 3.8) is 0 Å². The summed E-state index contributed by atoms with van der Waals surface area (Å²) in [6, 6.07) is 3.23. The first-order valence-electron chi connectivity index (χ1n) is 3.85. The Kier molecular flexibility index (Phi) is 4.49. The zero-order valence-electron chi connectivity index (χ0n) is 7.60. The molecule has 0 bridgehead atoms. The van der Waals surface area contributed by atoms with E-state index in [0.29, 0.717) is 0 Å². The number of hydrogen-bond donors (Lipinski definition) is 2. The van der Waals surface area contributed by atoms with E-state index in [-0.39, 0.29) is 6.03 Å². The molecule has 2 N–H and O–H groups in total. The van der Waals surface area contributed by atoms with E-state index < -0.39 is 0 Å². The number of nitrogens with zero attached hydrogens (tertiary/aromatic N) is 2. The van der Waals surface area contributed by atoms with Crippen LogP contribution in [-0.4, -0.2) is 23.5 Å². The smallest absolute Gasteiger partial charge is 0.281 e. The minimum absolute atomic E-state index is 0.345. The van der Waals surface area contributed by atoms with Gasteiger partial charge in [-0.1, -0.05) is 11.9 Å². The van der Waals surface area contributed by atoms with Crippen molar-refractivity contribution in [3.05, 3.63) is 30.1 Å². The van der Waals surface area contributed by atoms with Crippen LogP contribution in [0.1, 0.15) is 5.56 Å². The van der Waals surface area contributed by atoms with Crippen LogP contribution in [0.2, 0.25) is 0 Å². The molecule has 0 unspecified atom stereocenters. The van der Waals surface area contributed by atoms with Crippen molar-refractivity contribution in [1.29, 1.82) is 0 Å². The zero-order valence-corrected chi connectivity index (χ0v) is 8.41. The number of aromatic nitrogens is 1. The number of nitrogens with one attached hydrogen (secondary N) is 2. The summed E-state index contributed by atoms with van der Waals surface area (Å²) in [5, 5.41) is 3.73. The maximum Gasteiger partial charge on any atom is 0.345 e. The van der Waals surface area contributed by atoms with E-state index in [9.17, 15) is 4.79 Å². The van der Waals surface area contributed by atoms with Gasteiger partial charge in [0.05, 0.1) is 6.21 Å². The Hall–Kier alpha value is -1.56. The normalized spacial score (nSPS) is 10.1. The first-order chi connectivity index (χ1) is 6.83. The van der Waals surface area contributed by atoms with E-state index >= 15 is 0 Å². The lowest BCUT2D eigenvalue weighted by Crippen LogP contribution is -2.26. The molecule has 1 aromatic heterocycles. The summed E-state index contributed by atoms with van der Waals surface area (Å²) in [4.78, 5) is 14.7. The monoisotopic (exact) mass is 210 g/mol. The second kappa shape index (κ2) is 5.98. The summed E-state index contributed by atoms with van der Waals surface area (Å²) in [5.74, 6) is 0. The van der Waals surface area contributed by atoms with Crippen molar-refractivity contribution in [3.8, 4) is 0 Å². The van der Waals surface area contributed by atoms with Crippen LogP contribution < -0.4 is 10.1 Å². The SMILES string of the molecule is CSNC(=O)N/N=C/c1ccncc1. The van der Waals surface area contributed by atoms with Gasteiger partial charge in [0.15, 0.2) is 0 Å². The molecule has 6 heteroatoms. The summed E-state index contributed by atoms with van der Waals surface area (Å²) in [7, 11) is 0. The van der Waals surface area contributed by atoms with Gasteiger partial charge >= 0.3 is 6.03 Å². The lowest BCUT2D eigenvalue weighted by molar-refractivity contribution is 0.247. The molecule has 1 rings (SSSR count). The Morgan fingerprint density at radius 1 is 1.57 bits per heavy atom. The number of hydrazone groups is 1. The molecule has 0 aliphatic rings. The van der Waals surface area contributed by atoms with Crippen molar-refractivity contribution >= 4 is 24.2 Å². The van der Waals surface area contributed by atoms with Crippen LogP contribution in [0.15, 0.2) is 29.6 Å². The lowest BCUT2D eigenvalue weighted by Gasteiger charge is -1.97. The van der Waals surface area contributed by atoms with Gasteiger partial charge in [0.25, 0.3) is 0 Å². The molecule has 0 spiro atoms. The highest BCUT2D eigenvalue weighted by Gasteiger charge is 1.92. The first kappa shape index (κ1) is 10.5. The minimum atomic E-state index is -0.345. The lowest BCUT2D eigenvalue weighted by atomic mass is 10.3. The second-order valence-corrected chi connectivity index (χ2v) is 2.90. The molecular formula is C8H10N4OS. The molecule has 0 radical (unpaired) electrons. The van der Waals surface area contributed by atoms with Crippen molar-refractivity contribution in [2.45, 2.75) is 0 Å². The third kappa shape index (κ3) is 3.90. The largest absolute Gasteiger partial charge is 0.345 e. The number of amides is 2. The summed E-state index contributed by atoms with van der Waals surface area (Å²) in [5.41, 5.74) is 3.19. The van der Waals surface area contributed by atoms with Crippen LogP contribution in [0.3, 0.4) is 0 Å². The molecule has 14 heavy (non-hydrogen) atoms. The van der Waals surface area contributed by atoms with Gasteiger partial charge in [-0.3, -0.25) is 9.71 Å². The van der Waals surface area contributed by atoms with Gasteiger partial charge in [-0.25, -0.2) is 10.2 Å². The maximum absolute atomic E-state index is 10.9. The molecule has 0 fully saturated rings. The molecule has 5 nitrogen and oxygen atoms in total. The standard InChI is InChI=1S/C8H10N4OS/c1-14-12-8(13)11-10-6-7-2-4-9-5-3-7/h2-6H,1H3,(H2,11,12,13)/b10-6+. The second-order valence-electron chi connectivity index (χ2n) is 2.29. The summed E-state index contributed by atoms with van der Waals surface area (Å²) < 4.78 is 2.47. The Bertz CT molecular complexity index is 314. The van der Waals surface area contributed by atoms with Gasteiger partial charge in [0, 0.05) is 18.6 Å². The number of urea groups is 1. The molecule has 0 atom stereocenters. The van der Waals surface area contributed by atoms with Crippen molar-refractivity contribution in [2.24, 2.45) is 5.10 Å². The Morgan fingerprint density at radius 3 is 2.93 bits per heavy atom. The molecular weight excluding hydrogens is 200 g/mol. The maximum atomic E-state index is 10.9. The summed E-state index contributed by atoms with van der Waals surface area (Å²) >= 11 is 1.21. The van der Waals surface area contributed by atoms with E-state index in [1.807, 2.05) is 0 Å². The average molecular weight is 210 g/mol. The van der Waals surface area contributed by atoms with Gasteiger partial charge in [0.1, 0.15) is 0 Å². The third-order valence-electron chi connectivity index (χ3n) is 1.28. The van der Waals surface area contributed by atoms with Crippen molar-refractivity contribution in [2.75, 3.05) is 6.26 Å². The Morgan fingerprint density at radius 2 is 2.29 bits per heavy atom. The fourth-order valence-corrected chi connectivity index (χ4v) is 0.962. The fourth-order valence-electron chi connectivity index (χ4n) is 0.730. The summed E-state index contributed by atoms with van der Waals surface area (Å²) in [6.45, 7) is 0. The highest BCUT2D eigenvalue weighted by Crippen LogP contribution is 1.90. The van der Waals surface area contributed by atoms with E-state index in [1.165, 1.54) is 11.9 Å². The molecule has 0 saturated heterocycles. The van der Waals surface area contributed by atoms with Crippen LogP contribution in [-0.2, 0) is 0 Å². The molecule has 74 valence electrons. The Balaban J connectivity index is 2.38. The quantitative estimate of drug-likeness (QED) is 0.444. The van der Waals surface area contributed by atoms with E-state index in [2.05, 4.69) is 20.2 Å². The van der Waals surface area contributed by atoms with Gasteiger partial charge in [-0.2, -0.15) is 5.10 Å². The van der Waals surface area contributed by atoms with E-state index in [1.54, 1.807) is 37.0 Å². The van der Waals surface area contributed by atoms with Gasteiger partial charge in [-0.05, 0) is 17.7 Å². The molecule has 2 amide bonds. The number of carbonyl (C=O) groups excluding carboxylic acids is 1. The van der Waals surface area contributed by atoms with Crippen LogP contribution in [0, 0.1) is 0 Å². The van der Waals surface area contributed by atoms with Crippen LogP contribution in [0.5, 0.6) is 0 Å².